The Kier molecular flexibility index (Phi) is 7.38. The van der Waals surface area contributed by atoms with Gasteiger partial charge < -0.3 is 10.1 Å². The summed E-state index contributed by atoms with van der Waals surface area (Å²) in [5.74, 6) is 0.314. The Morgan fingerprint density at radius 1 is 0.968 bits per heavy atom. The van der Waals surface area contributed by atoms with Gasteiger partial charge in [0.2, 0.25) is 10.0 Å². The molecule has 2 N–H and O–H groups in total. The van der Waals surface area contributed by atoms with Gasteiger partial charge in [-0.05, 0) is 60.2 Å². The van der Waals surface area contributed by atoms with Crippen molar-refractivity contribution in [3.8, 4) is 5.75 Å². The van der Waals surface area contributed by atoms with E-state index < -0.39 is 10.0 Å². The van der Waals surface area contributed by atoms with Crippen molar-refractivity contribution >= 4 is 21.6 Å². The Hall–Kier alpha value is -2.38. The molecular formula is C24H32N2O4S. The summed E-state index contributed by atoms with van der Waals surface area (Å²) >= 11 is 0. The molecule has 1 aliphatic carbocycles. The van der Waals surface area contributed by atoms with Crippen molar-refractivity contribution in [1.29, 1.82) is 0 Å². The molecule has 1 saturated carbocycles. The Bertz CT molecular complexity index is 972. The van der Waals surface area contributed by atoms with Crippen LogP contribution in [0.5, 0.6) is 5.75 Å². The third kappa shape index (κ3) is 6.80. The third-order valence-electron chi connectivity index (χ3n) is 5.47. The highest BCUT2D eigenvalue weighted by molar-refractivity contribution is 7.89. The van der Waals surface area contributed by atoms with Crippen LogP contribution in [0.15, 0.2) is 53.4 Å². The molecule has 0 aliphatic heterocycles. The summed E-state index contributed by atoms with van der Waals surface area (Å²) in [6.45, 7) is 6.29. The highest BCUT2D eigenvalue weighted by Gasteiger charge is 2.21. The van der Waals surface area contributed by atoms with Gasteiger partial charge in [0.05, 0.1) is 4.90 Å². The van der Waals surface area contributed by atoms with Crippen LogP contribution < -0.4 is 14.8 Å². The molecule has 3 rings (SSSR count). The predicted molar refractivity (Wildman–Crippen MR) is 123 cm³/mol. The summed E-state index contributed by atoms with van der Waals surface area (Å²) in [7, 11) is -3.55. The molecule has 2 aromatic carbocycles. The van der Waals surface area contributed by atoms with Crippen molar-refractivity contribution in [3.63, 3.8) is 0 Å². The van der Waals surface area contributed by atoms with E-state index in [2.05, 4.69) is 30.8 Å². The fourth-order valence-electron chi connectivity index (χ4n) is 3.62. The third-order valence-corrected chi connectivity index (χ3v) is 7.00. The fraction of sp³-hybridized carbons (Fsp3) is 0.458. The van der Waals surface area contributed by atoms with Crippen molar-refractivity contribution < 1.29 is 17.9 Å². The maximum Gasteiger partial charge on any atom is 0.262 e. The topological polar surface area (TPSA) is 84.5 Å². The molecule has 2 aromatic rings. The summed E-state index contributed by atoms with van der Waals surface area (Å²) < 4.78 is 33.5. The minimum atomic E-state index is -3.55. The molecule has 0 aromatic heterocycles. The van der Waals surface area contributed by atoms with E-state index in [1.54, 1.807) is 12.1 Å². The van der Waals surface area contributed by atoms with E-state index in [1.807, 2.05) is 24.3 Å². The molecule has 1 aliphatic rings. The Labute approximate surface area is 185 Å². The number of rotatable bonds is 7. The number of hydrogen-bond donors (Lipinski definition) is 2. The average Bonchev–Trinajstić information content (AvgIpc) is 2.73. The first-order valence-corrected chi connectivity index (χ1v) is 12.3. The maximum atomic E-state index is 12.6. The van der Waals surface area contributed by atoms with Crippen LogP contribution >= 0.6 is 0 Å². The van der Waals surface area contributed by atoms with Crippen molar-refractivity contribution in [2.75, 3.05) is 11.9 Å². The van der Waals surface area contributed by atoms with Crippen LogP contribution in [-0.4, -0.2) is 27.0 Å². The lowest BCUT2D eigenvalue weighted by Crippen LogP contribution is -2.36. The maximum absolute atomic E-state index is 12.6. The van der Waals surface area contributed by atoms with Crippen LogP contribution in [0, 0.1) is 0 Å². The second-order valence-corrected chi connectivity index (χ2v) is 10.8. The van der Waals surface area contributed by atoms with Gasteiger partial charge in [0.25, 0.3) is 5.91 Å². The molecule has 1 amide bonds. The molecule has 0 saturated heterocycles. The first-order valence-electron chi connectivity index (χ1n) is 10.8. The second-order valence-electron chi connectivity index (χ2n) is 9.09. The summed E-state index contributed by atoms with van der Waals surface area (Å²) in [5.41, 5.74) is 1.77. The van der Waals surface area contributed by atoms with Gasteiger partial charge in [-0.15, -0.1) is 0 Å². The van der Waals surface area contributed by atoms with Gasteiger partial charge in [0.15, 0.2) is 6.61 Å². The van der Waals surface area contributed by atoms with Crippen molar-refractivity contribution in [1.82, 2.24) is 4.72 Å². The standard InChI is InChI=1S/C24H32N2O4S/c1-24(2,3)18-9-13-21(14-10-18)30-17-23(27)25-19-11-15-22(16-12-19)31(28,29)26-20-7-5-4-6-8-20/h9-16,20,26H,4-8,17H2,1-3H3,(H,25,27). The quantitative estimate of drug-likeness (QED) is 0.653. The molecular weight excluding hydrogens is 412 g/mol. The molecule has 0 heterocycles. The van der Waals surface area contributed by atoms with Crippen LogP contribution in [0.1, 0.15) is 58.4 Å². The average molecular weight is 445 g/mol. The van der Waals surface area contributed by atoms with Gasteiger partial charge in [-0.3, -0.25) is 4.79 Å². The molecule has 0 spiro atoms. The van der Waals surface area contributed by atoms with E-state index in [9.17, 15) is 13.2 Å². The van der Waals surface area contributed by atoms with E-state index in [0.29, 0.717) is 11.4 Å². The van der Waals surface area contributed by atoms with E-state index in [0.717, 1.165) is 25.7 Å². The fourth-order valence-corrected chi connectivity index (χ4v) is 4.93. The number of nitrogens with one attached hydrogen (secondary N) is 2. The first kappa shape index (κ1) is 23.3. The van der Waals surface area contributed by atoms with Gasteiger partial charge in [-0.25, -0.2) is 13.1 Å². The van der Waals surface area contributed by atoms with Crippen LogP contribution in [0.4, 0.5) is 5.69 Å². The second kappa shape index (κ2) is 9.83. The predicted octanol–water partition coefficient (Wildman–Crippen LogP) is 4.61. The van der Waals surface area contributed by atoms with E-state index in [-0.39, 0.29) is 28.9 Å². The molecule has 0 radical (unpaired) electrons. The molecule has 0 atom stereocenters. The molecule has 31 heavy (non-hydrogen) atoms. The lowest BCUT2D eigenvalue weighted by molar-refractivity contribution is -0.118. The van der Waals surface area contributed by atoms with Gasteiger partial charge in [-0.2, -0.15) is 0 Å². The number of ether oxygens (including phenoxy) is 1. The van der Waals surface area contributed by atoms with Gasteiger partial charge >= 0.3 is 0 Å². The lowest BCUT2D eigenvalue weighted by Gasteiger charge is -2.22. The Balaban J connectivity index is 1.51. The zero-order valence-corrected chi connectivity index (χ0v) is 19.3. The normalized spacial score (nSPS) is 15.5. The zero-order chi connectivity index (χ0) is 22.5. The number of benzene rings is 2. The molecule has 1 fully saturated rings. The molecule has 7 heteroatoms. The Morgan fingerprint density at radius 3 is 2.16 bits per heavy atom. The Morgan fingerprint density at radius 2 is 1.58 bits per heavy atom. The highest BCUT2D eigenvalue weighted by Crippen LogP contribution is 2.24. The summed E-state index contributed by atoms with van der Waals surface area (Å²) in [4.78, 5) is 12.4. The number of carbonyl (C=O) groups excluding carboxylic acids is 1. The summed E-state index contributed by atoms with van der Waals surface area (Å²) in [6, 6.07) is 13.9. The molecule has 0 unspecified atom stereocenters. The van der Waals surface area contributed by atoms with E-state index in [4.69, 9.17) is 4.74 Å². The summed E-state index contributed by atoms with van der Waals surface area (Å²) in [6.07, 6.45) is 5.04. The SMILES string of the molecule is CC(C)(C)c1ccc(OCC(=O)Nc2ccc(S(=O)(=O)NC3CCCCC3)cc2)cc1. The van der Waals surface area contributed by atoms with E-state index in [1.165, 1.54) is 24.1 Å². The number of sulfonamides is 1. The van der Waals surface area contributed by atoms with E-state index >= 15 is 0 Å². The van der Waals surface area contributed by atoms with Crippen molar-refractivity contribution in [2.45, 2.75) is 69.2 Å². The zero-order valence-electron chi connectivity index (χ0n) is 18.5. The molecule has 0 bridgehead atoms. The number of hydrogen-bond acceptors (Lipinski definition) is 4. The van der Waals surface area contributed by atoms with Crippen LogP contribution in [-0.2, 0) is 20.2 Å². The summed E-state index contributed by atoms with van der Waals surface area (Å²) in [5, 5.41) is 2.73. The van der Waals surface area contributed by atoms with Gasteiger partial charge in [-0.1, -0.05) is 52.2 Å². The molecule has 168 valence electrons. The minimum Gasteiger partial charge on any atom is -0.484 e. The minimum absolute atomic E-state index is 0.00717. The van der Waals surface area contributed by atoms with Crippen LogP contribution in [0.25, 0.3) is 0 Å². The smallest absolute Gasteiger partial charge is 0.262 e. The number of anilines is 1. The highest BCUT2D eigenvalue weighted by atomic mass is 32.2. The largest absolute Gasteiger partial charge is 0.484 e. The van der Waals surface area contributed by atoms with Gasteiger partial charge in [0.1, 0.15) is 5.75 Å². The van der Waals surface area contributed by atoms with Crippen molar-refractivity contribution in [3.05, 3.63) is 54.1 Å². The van der Waals surface area contributed by atoms with Crippen LogP contribution in [0.3, 0.4) is 0 Å². The monoisotopic (exact) mass is 444 g/mol. The number of amides is 1. The first-order chi connectivity index (χ1) is 14.6. The van der Waals surface area contributed by atoms with Crippen LogP contribution in [0.2, 0.25) is 0 Å². The lowest BCUT2D eigenvalue weighted by atomic mass is 9.87. The van der Waals surface area contributed by atoms with Gasteiger partial charge in [0, 0.05) is 11.7 Å². The number of carbonyl (C=O) groups is 1. The molecule has 6 nitrogen and oxygen atoms in total. The van der Waals surface area contributed by atoms with Crippen molar-refractivity contribution in [2.24, 2.45) is 0 Å².